The SMILES string of the molecule is CC/C=C\C/C=C\C/C=C\C/C=C\C/C=C\C/C=C\CCCCCOCC(COC1OC(CO)C(O)C(OS(=O)(=O)O)C1O)OC(=O)CCCCCCCCCCC. The molecule has 0 spiro atoms. The number of aliphatic hydroxyl groups is 3. The summed E-state index contributed by atoms with van der Waals surface area (Å²) in [4.78, 5) is 12.7. The Kier molecular flexibility index (Phi) is 33.6. The van der Waals surface area contributed by atoms with Crippen LogP contribution in [0.3, 0.4) is 0 Å². The quantitative estimate of drug-likeness (QED) is 0.0204. The van der Waals surface area contributed by atoms with Gasteiger partial charge in [-0.25, -0.2) is 4.18 Å². The Hall–Kier alpha value is -2.46. The summed E-state index contributed by atoms with van der Waals surface area (Å²) in [7, 11) is -5.07. The van der Waals surface area contributed by atoms with Crippen molar-refractivity contribution in [3.63, 3.8) is 0 Å². The second kappa shape index (κ2) is 36.4. The number of hydrogen-bond donors (Lipinski definition) is 4. The molecule has 0 aliphatic carbocycles. The third-order valence-corrected chi connectivity index (χ3v) is 9.81. The van der Waals surface area contributed by atoms with Crippen LogP contribution < -0.4 is 0 Å². The van der Waals surface area contributed by atoms with Crippen LogP contribution in [0, 0.1) is 0 Å². The van der Waals surface area contributed by atoms with Crippen molar-refractivity contribution in [2.45, 2.75) is 179 Å². The maximum absolute atomic E-state index is 12.7. The number of esters is 1. The minimum Gasteiger partial charge on any atom is -0.457 e. The van der Waals surface area contributed by atoms with Gasteiger partial charge in [-0.1, -0.05) is 145 Å². The molecule has 0 bridgehead atoms. The molecule has 1 heterocycles. The van der Waals surface area contributed by atoms with Gasteiger partial charge in [0.25, 0.3) is 0 Å². The van der Waals surface area contributed by atoms with Gasteiger partial charge in [-0.2, -0.15) is 8.42 Å². The molecule has 1 fully saturated rings. The van der Waals surface area contributed by atoms with Crippen molar-refractivity contribution < 1.29 is 56.2 Å². The largest absolute Gasteiger partial charge is 0.457 e. The van der Waals surface area contributed by atoms with E-state index in [1.807, 2.05) is 0 Å². The molecule has 0 amide bonds. The van der Waals surface area contributed by atoms with E-state index in [4.69, 9.17) is 23.5 Å². The molecule has 13 heteroatoms. The zero-order valence-electron chi connectivity index (χ0n) is 35.3. The molecule has 1 rings (SSSR count). The van der Waals surface area contributed by atoms with Crippen LogP contribution in [0.5, 0.6) is 0 Å². The molecule has 6 unspecified atom stereocenters. The van der Waals surface area contributed by atoms with Crippen LogP contribution in [0.4, 0.5) is 0 Å². The van der Waals surface area contributed by atoms with Crippen molar-refractivity contribution in [3.05, 3.63) is 72.9 Å². The lowest BCUT2D eigenvalue weighted by molar-refractivity contribution is -0.301. The van der Waals surface area contributed by atoms with Crippen molar-refractivity contribution in [2.75, 3.05) is 26.4 Å². The maximum atomic E-state index is 12.7. The molecule has 0 saturated carbocycles. The highest BCUT2D eigenvalue weighted by Crippen LogP contribution is 2.26. The van der Waals surface area contributed by atoms with E-state index in [1.54, 1.807) is 0 Å². The van der Waals surface area contributed by atoms with Crippen LogP contribution in [-0.4, -0.2) is 97.5 Å². The predicted octanol–water partition coefficient (Wildman–Crippen LogP) is 8.74. The molecular formula is C45H76O12S. The van der Waals surface area contributed by atoms with Crippen LogP contribution in [0.15, 0.2) is 72.9 Å². The zero-order valence-corrected chi connectivity index (χ0v) is 36.1. The standard InChI is InChI=1S/C45H76O12S/c1-3-5-7-9-11-13-14-15-16-17-18-19-20-21-22-23-24-25-27-29-31-33-35-53-37-39(55-41(47)34-32-30-28-26-12-10-8-6-4-2)38-54-45-43(49)44(57-58(50,51)52)42(48)40(36-46)56-45/h5,7,11,13,15-16,18-19,21-22,24-25,39-40,42-46,48-49H,3-4,6,8-10,12,14,17,20,23,26-38H2,1-2H3,(H,50,51,52)/b7-5-,13-11-,16-15-,19-18-,22-21-,25-24-. The first-order valence-corrected chi connectivity index (χ1v) is 23.1. The fourth-order valence-electron chi connectivity index (χ4n) is 6.09. The summed E-state index contributed by atoms with van der Waals surface area (Å²) in [5.74, 6) is -0.419. The molecular weight excluding hydrogens is 765 g/mol. The molecule has 12 nitrogen and oxygen atoms in total. The summed E-state index contributed by atoms with van der Waals surface area (Å²) in [6.07, 6.45) is 36.7. The second-order valence-electron chi connectivity index (χ2n) is 14.6. The summed E-state index contributed by atoms with van der Waals surface area (Å²) >= 11 is 0. The van der Waals surface area contributed by atoms with Gasteiger partial charge >= 0.3 is 16.4 Å². The van der Waals surface area contributed by atoms with Gasteiger partial charge in [-0.05, 0) is 64.2 Å². The zero-order chi connectivity index (χ0) is 42.5. The normalized spacial score (nSPS) is 21.2. The van der Waals surface area contributed by atoms with Crippen LogP contribution in [-0.2, 0) is 38.3 Å². The van der Waals surface area contributed by atoms with E-state index in [2.05, 4.69) is 90.9 Å². The van der Waals surface area contributed by atoms with Crippen LogP contribution in [0.2, 0.25) is 0 Å². The van der Waals surface area contributed by atoms with Crippen molar-refractivity contribution in [2.24, 2.45) is 0 Å². The van der Waals surface area contributed by atoms with E-state index >= 15 is 0 Å². The van der Waals surface area contributed by atoms with Gasteiger partial charge in [-0.15, -0.1) is 0 Å². The van der Waals surface area contributed by atoms with Gasteiger partial charge in [0.15, 0.2) is 6.29 Å². The van der Waals surface area contributed by atoms with E-state index in [9.17, 15) is 28.5 Å². The fraction of sp³-hybridized carbons (Fsp3) is 0.711. The molecule has 1 aliphatic heterocycles. The van der Waals surface area contributed by atoms with E-state index in [1.165, 1.54) is 32.1 Å². The Bertz CT molecular complexity index is 1290. The van der Waals surface area contributed by atoms with Crippen molar-refractivity contribution >= 4 is 16.4 Å². The van der Waals surface area contributed by atoms with E-state index in [0.717, 1.165) is 83.5 Å². The summed E-state index contributed by atoms with van der Waals surface area (Å²) in [5.41, 5.74) is 0. The number of hydrogen-bond acceptors (Lipinski definition) is 11. The number of aliphatic hydroxyl groups excluding tert-OH is 3. The minimum absolute atomic E-state index is 0.0104. The van der Waals surface area contributed by atoms with E-state index < -0.39 is 59.8 Å². The van der Waals surface area contributed by atoms with Gasteiger partial charge < -0.3 is 34.3 Å². The maximum Gasteiger partial charge on any atom is 0.397 e. The van der Waals surface area contributed by atoms with Gasteiger partial charge in [-0.3, -0.25) is 9.35 Å². The Morgan fingerprint density at radius 1 is 0.672 bits per heavy atom. The lowest BCUT2D eigenvalue weighted by Crippen LogP contribution is -2.60. The van der Waals surface area contributed by atoms with Crippen molar-refractivity contribution in [1.29, 1.82) is 0 Å². The number of ether oxygens (including phenoxy) is 4. The molecule has 4 N–H and O–H groups in total. The Morgan fingerprint density at radius 2 is 1.19 bits per heavy atom. The summed E-state index contributed by atoms with van der Waals surface area (Å²) < 4.78 is 58.8. The highest BCUT2D eigenvalue weighted by molar-refractivity contribution is 7.80. The third-order valence-electron chi connectivity index (χ3n) is 9.34. The molecule has 0 radical (unpaired) electrons. The Labute approximate surface area is 350 Å². The molecule has 1 aliphatic rings. The van der Waals surface area contributed by atoms with Crippen LogP contribution >= 0.6 is 0 Å². The monoisotopic (exact) mass is 841 g/mol. The molecule has 6 atom stereocenters. The van der Waals surface area contributed by atoms with Crippen LogP contribution in [0.25, 0.3) is 0 Å². The number of carbonyl (C=O) groups excluding carboxylic acids is 1. The molecule has 58 heavy (non-hydrogen) atoms. The fourth-order valence-corrected chi connectivity index (χ4v) is 6.59. The molecule has 0 aromatic rings. The number of unbranched alkanes of at least 4 members (excludes halogenated alkanes) is 11. The summed E-state index contributed by atoms with van der Waals surface area (Å²) in [5, 5.41) is 30.6. The van der Waals surface area contributed by atoms with Gasteiger partial charge in [0.1, 0.15) is 30.5 Å². The molecule has 334 valence electrons. The highest BCUT2D eigenvalue weighted by Gasteiger charge is 2.48. The van der Waals surface area contributed by atoms with Gasteiger partial charge in [0.2, 0.25) is 0 Å². The summed E-state index contributed by atoms with van der Waals surface area (Å²) in [6.45, 7) is 3.74. The van der Waals surface area contributed by atoms with Crippen LogP contribution in [0.1, 0.15) is 142 Å². The molecule has 0 aromatic heterocycles. The molecule has 1 saturated heterocycles. The Morgan fingerprint density at radius 3 is 1.72 bits per heavy atom. The first-order chi connectivity index (χ1) is 28.1. The lowest BCUT2D eigenvalue weighted by Gasteiger charge is -2.41. The topological polar surface area (TPSA) is 178 Å². The van der Waals surface area contributed by atoms with Gasteiger partial charge in [0.05, 0.1) is 19.8 Å². The third kappa shape index (κ3) is 29.7. The number of rotatable bonds is 36. The summed E-state index contributed by atoms with van der Waals surface area (Å²) in [6, 6.07) is 0. The minimum atomic E-state index is -5.07. The van der Waals surface area contributed by atoms with Gasteiger partial charge in [0, 0.05) is 13.0 Å². The number of allylic oxidation sites excluding steroid dienone is 12. The van der Waals surface area contributed by atoms with Crippen molar-refractivity contribution in [1.82, 2.24) is 0 Å². The second-order valence-corrected chi connectivity index (χ2v) is 15.6. The smallest absolute Gasteiger partial charge is 0.397 e. The average molecular weight is 841 g/mol. The average Bonchev–Trinajstić information content (AvgIpc) is 3.19. The first-order valence-electron chi connectivity index (χ1n) is 21.7. The lowest BCUT2D eigenvalue weighted by atomic mass is 9.99. The van der Waals surface area contributed by atoms with E-state index in [-0.39, 0.29) is 19.6 Å². The predicted molar refractivity (Wildman–Crippen MR) is 229 cm³/mol. The highest BCUT2D eigenvalue weighted by atomic mass is 32.3. The van der Waals surface area contributed by atoms with Crippen molar-refractivity contribution in [3.8, 4) is 0 Å². The first kappa shape index (κ1) is 53.6. The number of carbonyl (C=O) groups is 1. The molecule has 0 aromatic carbocycles. The Balaban J connectivity index is 2.43. The van der Waals surface area contributed by atoms with E-state index in [0.29, 0.717) is 13.0 Å².